The molecular weight excluding hydrogens is 302 g/mol. The molecule has 2 aromatic rings. The molecule has 2 rings (SSSR count). The first-order chi connectivity index (χ1) is 11.1. The number of H-pyrrole nitrogens is 1. The second kappa shape index (κ2) is 7.30. The van der Waals surface area contributed by atoms with Gasteiger partial charge in [-0.05, 0) is 19.1 Å². The summed E-state index contributed by atoms with van der Waals surface area (Å²) in [7, 11) is 3.06. The predicted molar refractivity (Wildman–Crippen MR) is 83.6 cm³/mol. The third-order valence-corrected chi connectivity index (χ3v) is 2.95. The molecule has 0 unspecified atom stereocenters. The van der Waals surface area contributed by atoms with E-state index in [2.05, 4.69) is 15.3 Å². The number of ether oxygens (including phenoxy) is 3. The first-order valence-corrected chi connectivity index (χ1v) is 6.84. The summed E-state index contributed by atoms with van der Waals surface area (Å²) in [6.45, 7) is 1.84. The molecule has 8 heteroatoms. The highest BCUT2D eigenvalue weighted by Gasteiger charge is 2.13. The molecule has 0 amide bonds. The van der Waals surface area contributed by atoms with Gasteiger partial charge in [-0.25, -0.2) is 9.78 Å². The zero-order valence-electron chi connectivity index (χ0n) is 13.0. The van der Waals surface area contributed by atoms with Gasteiger partial charge in [-0.15, -0.1) is 0 Å². The summed E-state index contributed by atoms with van der Waals surface area (Å²) in [6.07, 6.45) is 1.16. The highest BCUT2D eigenvalue weighted by molar-refractivity contribution is 5.88. The van der Waals surface area contributed by atoms with Crippen molar-refractivity contribution in [1.82, 2.24) is 9.97 Å². The number of aromatic amines is 1. The predicted octanol–water partition coefficient (Wildman–Crippen LogP) is 1.71. The van der Waals surface area contributed by atoms with E-state index in [-0.39, 0.29) is 18.1 Å². The molecule has 1 heterocycles. The van der Waals surface area contributed by atoms with Gasteiger partial charge in [-0.1, -0.05) is 0 Å². The van der Waals surface area contributed by atoms with Crippen LogP contribution < -0.4 is 20.3 Å². The Hall–Kier alpha value is -3.03. The molecule has 0 aliphatic carbocycles. The highest BCUT2D eigenvalue weighted by atomic mass is 16.5. The molecule has 0 aliphatic rings. The number of hydrogen-bond donors (Lipinski definition) is 2. The van der Waals surface area contributed by atoms with Crippen molar-refractivity contribution in [3.63, 3.8) is 0 Å². The van der Waals surface area contributed by atoms with Crippen LogP contribution >= 0.6 is 0 Å². The van der Waals surface area contributed by atoms with Crippen molar-refractivity contribution in [3.05, 3.63) is 40.3 Å². The van der Waals surface area contributed by atoms with Gasteiger partial charge in [0.2, 0.25) is 5.95 Å². The van der Waals surface area contributed by atoms with Crippen molar-refractivity contribution < 1.29 is 19.0 Å². The molecule has 0 bridgehead atoms. The molecular formula is C15H17N3O5. The van der Waals surface area contributed by atoms with E-state index in [1.807, 2.05) is 0 Å². The number of aromatic nitrogens is 2. The van der Waals surface area contributed by atoms with Crippen LogP contribution in [0.25, 0.3) is 0 Å². The maximum absolute atomic E-state index is 11.9. The molecule has 0 aliphatic heterocycles. The van der Waals surface area contributed by atoms with E-state index in [1.165, 1.54) is 7.11 Å². The third-order valence-electron chi connectivity index (χ3n) is 2.95. The van der Waals surface area contributed by atoms with Crippen LogP contribution in [-0.4, -0.2) is 36.8 Å². The molecule has 122 valence electrons. The first-order valence-electron chi connectivity index (χ1n) is 6.84. The van der Waals surface area contributed by atoms with Crippen molar-refractivity contribution in [2.24, 2.45) is 0 Å². The fourth-order valence-corrected chi connectivity index (χ4v) is 1.85. The average molecular weight is 319 g/mol. The van der Waals surface area contributed by atoms with E-state index in [1.54, 1.807) is 32.2 Å². The van der Waals surface area contributed by atoms with Gasteiger partial charge in [0.05, 0.1) is 32.7 Å². The molecule has 8 nitrogen and oxygen atoms in total. The lowest BCUT2D eigenvalue weighted by Gasteiger charge is -2.12. The van der Waals surface area contributed by atoms with Crippen LogP contribution in [0.3, 0.4) is 0 Å². The smallest absolute Gasteiger partial charge is 0.345 e. The Labute approximate surface area is 132 Å². The Morgan fingerprint density at radius 3 is 2.70 bits per heavy atom. The number of esters is 1. The van der Waals surface area contributed by atoms with E-state index in [9.17, 15) is 9.59 Å². The lowest BCUT2D eigenvalue weighted by Crippen LogP contribution is -2.21. The minimum atomic E-state index is -0.716. The standard InChI is InChI=1S/C15H17N3O5/c1-4-23-14(20)10-8-16-15(18-13(10)19)17-11-7-9(21-2)5-6-12(11)22-3/h5-8H,4H2,1-3H3,(H2,16,17,18,19). The van der Waals surface area contributed by atoms with Crippen molar-refractivity contribution in [2.75, 3.05) is 26.1 Å². The molecule has 0 atom stereocenters. The van der Waals surface area contributed by atoms with E-state index >= 15 is 0 Å². The molecule has 23 heavy (non-hydrogen) atoms. The van der Waals surface area contributed by atoms with Crippen LogP contribution in [0, 0.1) is 0 Å². The monoisotopic (exact) mass is 319 g/mol. The number of rotatable bonds is 6. The molecule has 0 radical (unpaired) electrons. The lowest BCUT2D eigenvalue weighted by atomic mass is 10.2. The van der Waals surface area contributed by atoms with Gasteiger partial charge < -0.3 is 19.5 Å². The van der Waals surface area contributed by atoms with Crippen LogP contribution in [0.1, 0.15) is 17.3 Å². The van der Waals surface area contributed by atoms with Gasteiger partial charge in [0, 0.05) is 6.07 Å². The first kappa shape index (κ1) is 16.3. The molecule has 1 aromatic heterocycles. The number of nitrogens with zero attached hydrogens (tertiary/aromatic N) is 1. The molecule has 0 spiro atoms. The van der Waals surface area contributed by atoms with E-state index < -0.39 is 11.5 Å². The zero-order valence-corrected chi connectivity index (χ0v) is 13.0. The van der Waals surface area contributed by atoms with Crippen molar-refractivity contribution in [3.8, 4) is 11.5 Å². The Balaban J connectivity index is 2.29. The number of nitrogens with one attached hydrogen (secondary N) is 2. The Morgan fingerprint density at radius 2 is 2.09 bits per heavy atom. The van der Waals surface area contributed by atoms with Crippen LogP contribution in [0.5, 0.6) is 11.5 Å². The topological polar surface area (TPSA) is 103 Å². The fourth-order valence-electron chi connectivity index (χ4n) is 1.85. The SMILES string of the molecule is CCOC(=O)c1cnc(Nc2cc(OC)ccc2OC)[nH]c1=O. The number of benzene rings is 1. The maximum atomic E-state index is 11.9. The van der Waals surface area contributed by atoms with E-state index in [0.717, 1.165) is 6.20 Å². The Kier molecular flexibility index (Phi) is 5.19. The fraction of sp³-hybridized carbons (Fsp3) is 0.267. The van der Waals surface area contributed by atoms with Gasteiger partial charge in [0.15, 0.2) is 0 Å². The largest absolute Gasteiger partial charge is 0.497 e. The zero-order chi connectivity index (χ0) is 16.8. The summed E-state index contributed by atoms with van der Waals surface area (Å²) < 4.78 is 15.2. The molecule has 0 saturated carbocycles. The van der Waals surface area contributed by atoms with Crippen molar-refractivity contribution in [1.29, 1.82) is 0 Å². The van der Waals surface area contributed by atoms with E-state index in [0.29, 0.717) is 17.2 Å². The van der Waals surface area contributed by atoms with Gasteiger partial charge in [0.1, 0.15) is 17.1 Å². The van der Waals surface area contributed by atoms with Crippen LogP contribution in [0.4, 0.5) is 11.6 Å². The Bertz CT molecular complexity index is 757. The van der Waals surface area contributed by atoms with Crippen LogP contribution in [0.15, 0.2) is 29.2 Å². The quantitative estimate of drug-likeness (QED) is 0.781. The van der Waals surface area contributed by atoms with Gasteiger partial charge >= 0.3 is 5.97 Å². The second-order valence-electron chi connectivity index (χ2n) is 4.39. The van der Waals surface area contributed by atoms with Gasteiger partial charge in [0.25, 0.3) is 5.56 Å². The molecule has 1 aromatic carbocycles. The number of methoxy groups -OCH3 is 2. The summed E-state index contributed by atoms with van der Waals surface area (Å²) in [5.41, 5.74) is -0.197. The van der Waals surface area contributed by atoms with E-state index in [4.69, 9.17) is 14.2 Å². The van der Waals surface area contributed by atoms with Gasteiger partial charge in [-0.3, -0.25) is 9.78 Å². The maximum Gasteiger partial charge on any atom is 0.345 e. The third kappa shape index (κ3) is 3.79. The highest BCUT2D eigenvalue weighted by Crippen LogP contribution is 2.30. The molecule has 2 N–H and O–H groups in total. The minimum absolute atomic E-state index is 0.157. The van der Waals surface area contributed by atoms with Crippen molar-refractivity contribution in [2.45, 2.75) is 6.92 Å². The number of carbonyl (C=O) groups is 1. The van der Waals surface area contributed by atoms with Crippen molar-refractivity contribution >= 4 is 17.6 Å². The second-order valence-corrected chi connectivity index (χ2v) is 4.39. The normalized spacial score (nSPS) is 10.0. The van der Waals surface area contributed by atoms with Crippen LogP contribution in [-0.2, 0) is 4.74 Å². The summed E-state index contributed by atoms with van der Waals surface area (Å²) in [5, 5.41) is 2.91. The Morgan fingerprint density at radius 1 is 1.30 bits per heavy atom. The summed E-state index contributed by atoms with van der Waals surface area (Å²) in [4.78, 5) is 30.0. The summed E-state index contributed by atoms with van der Waals surface area (Å²) in [6, 6.07) is 5.15. The number of hydrogen-bond acceptors (Lipinski definition) is 7. The number of anilines is 2. The lowest BCUT2D eigenvalue weighted by molar-refractivity contribution is 0.0524. The summed E-state index contributed by atoms with van der Waals surface area (Å²) >= 11 is 0. The average Bonchev–Trinajstić information content (AvgIpc) is 2.55. The summed E-state index contributed by atoms with van der Waals surface area (Å²) in [5.74, 6) is 0.600. The minimum Gasteiger partial charge on any atom is -0.497 e. The van der Waals surface area contributed by atoms with Crippen LogP contribution in [0.2, 0.25) is 0 Å². The molecule has 0 fully saturated rings. The number of carbonyl (C=O) groups excluding carboxylic acids is 1. The van der Waals surface area contributed by atoms with Gasteiger partial charge in [-0.2, -0.15) is 0 Å². The molecule has 0 saturated heterocycles.